The van der Waals surface area contributed by atoms with Crippen molar-refractivity contribution in [3.63, 3.8) is 0 Å². The van der Waals surface area contributed by atoms with Crippen LogP contribution in [0.2, 0.25) is 0 Å². The van der Waals surface area contributed by atoms with Crippen LogP contribution < -0.4 is 0 Å². The van der Waals surface area contributed by atoms with Gasteiger partial charge in [-0.15, -0.1) is 0 Å². The van der Waals surface area contributed by atoms with E-state index in [9.17, 15) is 0 Å². The Labute approximate surface area is 87.3 Å². The molecule has 2 atom stereocenters. The summed E-state index contributed by atoms with van der Waals surface area (Å²) in [6, 6.07) is 9.22. The van der Waals surface area contributed by atoms with Crippen molar-refractivity contribution in [2.75, 3.05) is 0 Å². The lowest BCUT2D eigenvalue weighted by Crippen LogP contribution is -1.92. The smallest absolute Gasteiger partial charge is 0.0128 e. The molecule has 2 unspecified atom stereocenters. The highest BCUT2D eigenvalue weighted by Crippen LogP contribution is 2.51. The molecule has 0 aromatic heterocycles. The molecule has 1 aliphatic carbocycles. The molecule has 0 heterocycles. The molecule has 14 heavy (non-hydrogen) atoms. The van der Waals surface area contributed by atoms with E-state index in [2.05, 4.69) is 45.0 Å². The lowest BCUT2D eigenvalue weighted by molar-refractivity contribution is 0.549. The third-order valence-electron chi connectivity index (χ3n) is 3.51. The second-order valence-electron chi connectivity index (χ2n) is 4.85. The summed E-state index contributed by atoms with van der Waals surface area (Å²) in [5.41, 5.74) is 3.01. The zero-order valence-electron chi connectivity index (χ0n) is 9.46. The largest absolute Gasteiger partial charge is 0.0625 e. The molecule has 0 radical (unpaired) electrons. The third kappa shape index (κ3) is 1.84. The number of benzene rings is 1. The summed E-state index contributed by atoms with van der Waals surface area (Å²) in [6.45, 7) is 6.89. The highest BCUT2D eigenvalue weighted by atomic mass is 14.4. The van der Waals surface area contributed by atoms with Gasteiger partial charge >= 0.3 is 0 Å². The van der Waals surface area contributed by atoms with Crippen LogP contribution in [0.5, 0.6) is 0 Å². The maximum absolute atomic E-state index is 2.34. The van der Waals surface area contributed by atoms with Crippen LogP contribution in [0.15, 0.2) is 24.3 Å². The normalized spacial score (nSPS) is 25.4. The van der Waals surface area contributed by atoms with E-state index < -0.39 is 0 Å². The van der Waals surface area contributed by atoms with E-state index in [1.165, 1.54) is 12.0 Å². The first-order valence-corrected chi connectivity index (χ1v) is 5.81. The van der Waals surface area contributed by atoms with Crippen molar-refractivity contribution in [1.82, 2.24) is 0 Å². The zero-order chi connectivity index (χ0) is 10.1. The van der Waals surface area contributed by atoms with Gasteiger partial charge < -0.3 is 0 Å². The molecule has 0 nitrogen and oxygen atoms in total. The van der Waals surface area contributed by atoms with Crippen molar-refractivity contribution >= 4 is 0 Å². The monoisotopic (exact) mass is 188 g/mol. The van der Waals surface area contributed by atoms with E-state index in [1.807, 2.05) is 0 Å². The fourth-order valence-corrected chi connectivity index (χ4v) is 2.34. The summed E-state index contributed by atoms with van der Waals surface area (Å²) in [5.74, 6) is 2.66. The van der Waals surface area contributed by atoms with E-state index in [-0.39, 0.29) is 0 Å². The van der Waals surface area contributed by atoms with E-state index in [0.717, 1.165) is 24.2 Å². The first-order chi connectivity index (χ1) is 6.72. The van der Waals surface area contributed by atoms with Gasteiger partial charge in [0.2, 0.25) is 0 Å². The highest BCUT2D eigenvalue weighted by Gasteiger charge is 2.39. The summed E-state index contributed by atoms with van der Waals surface area (Å²) in [6.07, 6.45) is 2.56. The fraction of sp³-hybridized carbons (Fsp3) is 0.571. The Kier molecular flexibility index (Phi) is 2.62. The second kappa shape index (κ2) is 3.76. The standard InChI is InChI=1S/C14H20/c1-4-11-5-7-12(8-6-11)14-9-13(14)10(2)3/h5-8,10,13-14H,4,9H2,1-3H3. The first-order valence-electron chi connectivity index (χ1n) is 5.81. The van der Waals surface area contributed by atoms with Gasteiger partial charge in [0.1, 0.15) is 0 Å². The molecule has 76 valence electrons. The summed E-state index contributed by atoms with van der Waals surface area (Å²) >= 11 is 0. The minimum absolute atomic E-state index is 0.853. The Morgan fingerprint density at radius 1 is 1.21 bits per heavy atom. The van der Waals surface area contributed by atoms with Crippen molar-refractivity contribution < 1.29 is 0 Å². The lowest BCUT2D eigenvalue weighted by atomic mass is 10.0. The summed E-state index contributed by atoms with van der Waals surface area (Å²) in [7, 11) is 0. The molecule has 0 spiro atoms. The van der Waals surface area contributed by atoms with Gasteiger partial charge in [-0.1, -0.05) is 45.0 Å². The molecule has 0 N–H and O–H groups in total. The van der Waals surface area contributed by atoms with Crippen molar-refractivity contribution in [3.8, 4) is 0 Å². The first kappa shape index (κ1) is 9.76. The Morgan fingerprint density at radius 2 is 1.86 bits per heavy atom. The van der Waals surface area contributed by atoms with Crippen LogP contribution in [0.25, 0.3) is 0 Å². The molecule has 0 bridgehead atoms. The van der Waals surface area contributed by atoms with Gasteiger partial charge in [-0.05, 0) is 41.7 Å². The SMILES string of the molecule is CCc1ccc(C2CC2C(C)C)cc1. The van der Waals surface area contributed by atoms with Crippen LogP contribution >= 0.6 is 0 Å². The molecule has 0 amide bonds. The average Bonchev–Trinajstić information content (AvgIpc) is 2.97. The topological polar surface area (TPSA) is 0 Å². The lowest BCUT2D eigenvalue weighted by Gasteiger charge is -2.04. The van der Waals surface area contributed by atoms with Gasteiger partial charge in [-0.3, -0.25) is 0 Å². The maximum atomic E-state index is 2.34. The fourth-order valence-electron chi connectivity index (χ4n) is 2.34. The molecule has 0 heteroatoms. The van der Waals surface area contributed by atoms with Gasteiger partial charge in [-0.25, -0.2) is 0 Å². The number of rotatable bonds is 3. The molecule has 1 aromatic carbocycles. The Morgan fingerprint density at radius 3 is 2.29 bits per heavy atom. The molecule has 0 saturated heterocycles. The van der Waals surface area contributed by atoms with Gasteiger partial charge in [0.05, 0.1) is 0 Å². The molecule has 1 aliphatic rings. The van der Waals surface area contributed by atoms with Gasteiger partial charge in [0.15, 0.2) is 0 Å². The van der Waals surface area contributed by atoms with E-state index in [4.69, 9.17) is 0 Å². The Hall–Kier alpha value is -0.780. The predicted molar refractivity (Wildman–Crippen MR) is 61.5 cm³/mol. The predicted octanol–water partition coefficient (Wildman–Crippen LogP) is 4.01. The van der Waals surface area contributed by atoms with Crippen molar-refractivity contribution in [1.29, 1.82) is 0 Å². The van der Waals surface area contributed by atoms with Crippen LogP contribution in [0, 0.1) is 11.8 Å². The van der Waals surface area contributed by atoms with Crippen molar-refractivity contribution in [2.45, 2.75) is 39.5 Å². The minimum Gasteiger partial charge on any atom is -0.0625 e. The molecule has 1 saturated carbocycles. The van der Waals surface area contributed by atoms with Crippen molar-refractivity contribution in [2.24, 2.45) is 11.8 Å². The molecule has 1 aromatic rings. The van der Waals surface area contributed by atoms with E-state index >= 15 is 0 Å². The molecule has 0 aliphatic heterocycles. The molecular weight excluding hydrogens is 168 g/mol. The van der Waals surface area contributed by atoms with Gasteiger partial charge in [-0.2, -0.15) is 0 Å². The van der Waals surface area contributed by atoms with Gasteiger partial charge in [0, 0.05) is 0 Å². The summed E-state index contributed by atoms with van der Waals surface area (Å²) < 4.78 is 0. The maximum Gasteiger partial charge on any atom is -0.0128 e. The van der Waals surface area contributed by atoms with Crippen molar-refractivity contribution in [3.05, 3.63) is 35.4 Å². The van der Waals surface area contributed by atoms with E-state index in [1.54, 1.807) is 5.56 Å². The number of hydrogen-bond acceptors (Lipinski definition) is 0. The van der Waals surface area contributed by atoms with Gasteiger partial charge in [0.25, 0.3) is 0 Å². The van der Waals surface area contributed by atoms with E-state index in [0.29, 0.717) is 0 Å². The quantitative estimate of drug-likeness (QED) is 0.672. The third-order valence-corrected chi connectivity index (χ3v) is 3.51. The van der Waals surface area contributed by atoms with Crippen LogP contribution in [-0.2, 0) is 6.42 Å². The second-order valence-corrected chi connectivity index (χ2v) is 4.85. The molecule has 1 fully saturated rings. The Balaban J connectivity index is 2.05. The Bertz CT molecular complexity index is 294. The average molecular weight is 188 g/mol. The summed E-state index contributed by atoms with van der Waals surface area (Å²) in [5, 5.41) is 0. The zero-order valence-corrected chi connectivity index (χ0v) is 9.46. The highest BCUT2D eigenvalue weighted by molar-refractivity contribution is 5.29. The molecular formula is C14H20. The van der Waals surface area contributed by atoms with Crippen LogP contribution in [0.3, 0.4) is 0 Å². The molecule has 2 rings (SSSR count). The summed E-state index contributed by atoms with van der Waals surface area (Å²) in [4.78, 5) is 0. The van der Waals surface area contributed by atoms with Crippen LogP contribution in [0.1, 0.15) is 44.2 Å². The van der Waals surface area contributed by atoms with Crippen LogP contribution in [0.4, 0.5) is 0 Å². The number of aryl methyl sites for hydroxylation is 1. The van der Waals surface area contributed by atoms with Crippen LogP contribution in [-0.4, -0.2) is 0 Å². The number of hydrogen-bond donors (Lipinski definition) is 0. The minimum atomic E-state index is 0.853.